The van der Waals surface area contributed by atoms with Crippen LogP contribution in [0, 0.1) is 5.82 Å². The molecule has 3 rings (SSSR count). The van der Waals surface area contributed by atoms with Gasteiger partial charge in [-0.2, -0.15) is 13.2 Å². The molecular formula is C17H12F4N3S+. The smallest absolute Gasteiger partial charge is 0.286 e. The molecule has 0 amide bonds. The lowest BCUT2D eigenvalue weighted by Crippen LogP contribution is -2.10. The molecular weight excluding hydrogens is 354 g/mol. The third kappa shape index (κ3) is 4.08. The molecule has 0 atom stereocenters. The van der Waals surface area contributed by atoms with Crippen LogP contribution in [0.5, 0.6) is 0 Å². The Bertz CT molecular complexity index is 895. The Hall–Kier alpha value is -2.61. The van der Waals surface area contributed by atoms with Crippen LogP contribution in [-0.4, -0.2) is 10.5 Å². The molecule has 0 fully saturated rings. The Morgan fingerprint density at radius 3 is 2.44 bits per heavy atom. The maximum atomic E-state index is 14.5. The molecule has 0 aliphatic carbocycles. The molecule has 0 aliphatic heterocycles. The second-order valence-corrected chi connectivity index (χ2v) is 6.23. The number of thioether (sulfide) groups is 1. The number of hydrogen-bond donors (Lipinski definition) is 1. The van der Waals surface area contributed by atoms with Gasteiger partial charge in [0.15, 0.2) is 0 Å². The van der Waals surface area contributed by atoms with E-state index in [9.17, 15) is 17.6 Å². The SMILES string of the molecule is Nc1cnc(-c2ccc(-c3ccccc3SC(F)(F)F)cc2F)c[nH+]1. The average Bonchev–Trinajstić information content (AvgIpc) is 2.55. The zero-order valence-corrected chi connectivity index (χ0v) is 13.5. The van der Waals surface area contributed by atoms with Gasteiger partial charge < -0.3 is 0 Å². The second kappa shape index (κ2) is 6.72. The van der Waals surface area contributed by atoms with E-state index in [4.69, 9.17) is 5.73 Å². The highest BCUT2D eigenvalue weighted by atomic mass is 32.2. The van der Waals surface area contributed by atoms with E-state index in [0.29, 0.717) is 22.6 Å². The van der Waals surface area contributed by atoms with Gasteiger partial charge in [0.2, 0.25) is 0 Å². The third-order valence-electron chi connectivity index (χ3n) is 3.39. The van der Waals surface area contributed by atoms with Crippen molar-refractivity contribution in [2.75, 3.05) is 5.73 Å². The minimum atomic E-state index is -4.42. The first-order valence-electron chi connectivity index (χ1n) is 7.12. The topological polar surface area (TPSA) is 53.0 Å². The van der Waals surface area contributed by atoms with Crippen LogP contribution < -0.4 is 10.7 Å². The number of nitrogens with zero attached hydrogens (tertiary/aromatic N) is 1. The summed E-state index contributed by atoms with van der Waals surface area (Å²) in [5.41, 5.74) is 2.32. The van der Waals surface area contributed by atoms with Gasteiger partial charge in [0.05, 0.1) is 0 Å². The first-order chi connectivity index (χ1) is 11.8. The molecule has 1 heterocycles. The number of rotatable bonds is 3. The predicted octanol–water partition coefficient (Wildman–Crippen LogP) is 4.56. The summed E-state index contributed by atoms with van der Waals surface area (Å²) in [4.78, 5) is 6.77. The first-order valence-corrected chi connectivity index (χ1v) is 7.93. The van der Waals surface area contributed by atoms with Gasteiger partial charge in [-0.1, -0.05) is 24.3 Å². The summed E-state index contributed by atoms with van der Waals surface area (Å²) in [6.45, 7) is 0. The van der Waals surface area contributed by atoms with E-state index >= 15 is 0 Å². The maximum absolute atomic E-state index is 14.5. The molecule has 0 spiro atoms. The van der Waals surface area contributed by atoms with E-state index in [-0.39, 0.29) is 22.2 Å². The van der Waals surface area contributed by atoms with Gasteiger partial charge >= 0.3 is 5.51 Å². The van der Waals surface area contributed by atoms with Crippen molar-refractivity contribution in [3.8, 4) is 22.4 Å². The van der Waals surface area contributed by atoms with Crippen molar-refractivity contribution >= 4 is 17.6 Å². The number of alkyl halides is 3. The van der Waals surface area contributed by atoms with E-state index in [1.54, 1.807) is 12.1 Å². The highest BCUT2D eigenvalue weighted by Gasteiger charge is 2.30. The molecule has 0 aliphatic rings. The molecule has 0 saturated carbocycles. The summed E-state index contributed by atoms with van der Waals surface area (Å²) in [6.07, 6.45) is 2.82. The van der Waals surface area contributed by atoms with Crippen molar-refractivity contribution in [1.82, 2.24) is 4.98 Å². The summed E-state index contributed by atoms with van der Waals surface area (Å²) in [7, 11) is 0. The minimum Gasteiger partial charge on any atom is -0.286 e. The summed E-state index contributed by atoms with van der Waals surface area (Å²) < 4.78 is 52.6. The Morgan fingerprint density at radius 1 is 1.04 bits per heavy atom. The number of halogens is 4. The van der Waals surface area contributed by atoms with Crippen LogP contribution in [0.25, 0.3) is 22.4 Å². The Labute approximate surface area is 144 Å². The van der Waals surface area contributed by atoms with Crippen LogP contribution in [0.1, 0.15) is 0 Å². The number of hydrogen-bond acceptors (Lipinski definition) is 3. The Kier molecular flexibility index (Phi) is 4.63. The molecule has 0 saturated heterocycles. The van der Waals surface area contributed by atoms with Crippen LogP contribution in [0.2, 0.25) is 0 Å². The molecule has 25 heavy (non-hydrogen) atoms. The Balaban J connectivity index is 2.00. The molecule has 3 aromatic rings. The Morgan fingerprint density at radius 2 is 1.80 bits per heavy atom. The fourth-order valence-corrected chi connectivity index (χ4v) is 3.01. The molecule has 3 N–H and O–H groups in total. The molecule has 3 nitrogen and oxygen atoms in total. The normalized spacial score (nSPS) is 11.5. The minimum absolute atomic E-state index is 0.0149. The number of aromatic nitrogens is 2. The van der Waals surface area contributed by atoms with Crippen LogP contribution in [0.4, 0.5) is 23.4 Å². The number of H-pyrrole nitrogens is 1. The number of nitrogens with one attached hydrogen (secondary N) is 1. The molecule has 8 heteroatoms. The number of nitrogens with two attached hydrogens (primary N) is 1. The standard InChI is InChI=1S/C17H11F4N3S/c18-13-7-10(5-6-12(13)14-8-24-16(22)9-23-14)11-3-1-2-4-15(11)25-17(19,20)21/h1-9H,(H2,22,24)/p+1. The number of anilines is 1. The largest absolute Gasteiger partial charge is 0.446 e. The third-order valence-corrected chi connectivity index (χ3v) is 4.19. The van der Waals surface area contributed by atoms with E-state index in [1.807, 2.05) is 0 Å². The zero-order chi connectivity index (χ0) is 18.0. The fourth-order valence-electron chi connectivity index (χ4n) is 2.32. The van der Waals surface area contributed by atoms with Crippen molar-refractivity contribution < 1.29 is 22.5 Å². The molecule has 0 bridgehead atoms. The average molecular weight is 366 g/mol. The number of nitrogen functional groups attached to an aromatic ring is 1. The van der Waals surface area contributed by atoms with Gasteiger partial charge in [0.1, 0.15) is 23.9 Å². The van der Waals surface area contributed by atoms with Gasteiger partial charge in [-0.3, -0.25) is 5.73 Å². The zero-order valence-electron chi connectivity index (χ0n) is 12.6. The van der Waals surface area contributed by atoms with Crippen molar-refractivity contribution in [2.24, 2.45) is 0 Å². The fraction of sp³-hybridized carbons (Fsp3) is 0.0588. The highest BCUT2D eigenvalue weighted by molar-refractivity contribution is 8.00. The lowest BCUT2D eigenvalue weighted by atomic mass is 10.0. The molecule has 2 aromatic carbocycles. The lowest BCUT2D eigenvalue weighted by molar-refractivity contribution is -0.360. The molecule has 0 unspecified atom stereocenters. The van der Waals surface area contributed by atoms with Crippen LogP contribution in [0.15, 0.2) is 59.8 Å². The van der Waals surface area contributed by atoms with E-state index in [1.165, 1.54) is 42.7 Å². The summed E-state index contributed by atoms with van der Waals surface area (Å²) >= 11 is -0.223. The van der Waals surface area contributed by atoms with Crippen molar-refractivity contribution in [2.45, 2.75) is 10.4 Å². The van der Waals surface area contributed by atoms with E-state index < -0.39 is 11.3 Å². The van der Waals surface area contributed by atoms with Gasteiger partial charge in [-0.25, -0.2) is 14.4 Å². The van der Waals surface area contributed by atoms with Crippen molar-refractivity contribution in [3.05, 3.63) is 60.7 Å². The molecule has 128 valence electrons. The molecule has 1 aromatic heterocycles. The van der Waals surface area contributed by atoms with Gasteiger partial charge in [0, 0.05) is 10.5 Å². The van der Waals surface area contributed by atoms with E-state index in [0.717, 1.165) is 0 Å². The highest BCUT2D eigenvalue weighted by Crippen LogP contribution is 2.42. The first kappa shape index (κ1) is 17.2. The quantitative estimate of drug-likeness (QED) is 0.546. The van der Waals surface area contributed by atoms with Gasteiger partial charge in [-0.15, -0.1) is 0 Å². The second-order valence-electron chi connectivity index (χ2n) is 5.13. The summed E-state index contributed by atoms with van der Waals surface area (Å²) in [5, 5.41) is 0. The monoisotopic (exact) mass is 366 g/mol. The van der Waals surface area contributed by atoms with Gasteiger partial charge in [-0.05, 0) is 41.1 Å². The molecule has 0 radical (unpaired) electrons. The van der Waals surface area contributed by atoms with Crippen LogP contribution in [-0.2, 0) is 0 Å². The lowest BCUT2D eigenvalue weighted by Gasteiger charge is -2.12. The predicted molar refractivity (Wildman–Crippen MR) is 87.9 cm³/mol. The summed E-state index contributed by atoms with van der Waals surface area (Å²) in [5.74, 6) is -0.256. The van der Waals surface area contributed by atoms with Crippen molar-refractivity contribution in [1.29, 1.82) is 0 Å². The van der Waals surface area contributed by atoms with Crippen LogP contribution >= 0.6 is 11.8 Å². The van der Waals surface area contributed by atoms with Crippen LogP contribution in [0.3, 0.4) is 0 Å². The number of benzene rings is 2. The maximum Gasteiger partial charge on any atom is 0.446 e. The summed E-state index contributed by atoms with van der Waals surface area (Å²) in [6, 6.07) is 10.2. The van der Waals surface area contributed by atoms with Gasteiger partial charge in [0.25, 0.3) is 5.82 Å². The van der Waals surface area contributed by atoms with E-state index in [2.05, 4.69) is 9.97 Å². The van der Waals surface area contributed by atoms with Crippen molar-refractivity contribution in [3.63, 3.8) is 0 Å². The number of aromatic amines is 1.